The molecule has 3 fully saturated rings. The highest BCUT2D eigenvalue weighted by Gasteiger charge is 2.43. The molecule has 0 radical (unpaired) electrons. The van der Waals surface area contributed by atoms with Gasteiger partial charge >= 0.3 is 5.76 Å². The number of ether oxygens (including phenoxy) is 1. The van der Waals surface area contributed by atoms with Crippen molar-refractivity contribution in [1.82, 2.24) is 29.7 Å². The Labute approximate surface area is 234 Å². The molecule has 0 amide bonds. The maximum Gasteiger partial charge on any atom is 0.439 e. The van der Waals surface area contributed by atoms with Crippen molar-refractivity contribution in [2.75, 3.05) is 18.1 Å². The number of anilines is 1. The van der Waals surface area contributed by atoms with Crippen molar-refractivity contribution >= 4 is 28.6 Å². The summed E-state index contributed by atoms with van der Waals surface area (Å²) in [6.45, 7) is 4.24. The van der Waals surface area contributed by atoms with Crippen molar-refractivity contribution in [2.45, 2.75) is 70.3 Å². The number of fused-ring (bicyclic) bond motifs is 2. The van der Waals surface area contributed by atoms with Crippen molar-refractivity contribution in [3.63, 3.8) is 0 Å². The molecule has 210 valence electrons. The molecule has 4 aromatic heterocycles. The molecule has 1 unspecified atom stereocenters. The van der Waals surface area contributed by atoms with Crippen molar-refractivity contribution < 1.29 is 13.7 Å². The molecular formula is C28H31ClFN7O3. The summed E-state index contributed by atoms with van der Waals surface area (Å²) in [6.07, 6.45) is 7.76. The molecule has 0 bridgehead atoms. The molecule has 4 aromatic rings. The van der Waals surface area contributed by atoms with Crippen LogP contribution in [0.3, 0.4) is 0 Å². The number of aromatic amines is 1. The second kappa shape index (κ2) is 10.3. The van der Waals surface area contributed by atoms with E-state index < -0.39 is 11.9 Å². The third kappa shape index (κ3) is 4.68. The topological polar surface area (TPSA) is 115 Å². The SMILES string of the molecule is CC1CCC(Cn2c(N3CCO[C@H]4CC(F)C[C@@H]43)nc3cc(-c4noc(=O)[nH]4)nc(-c4cncc(Cl)c4)c32)CC1. The van der Waals surface area contributed by atoms with Crippen molar-refractivity contribution in [1.29, 1.82) is 0 Å². The first-order valence-corrected chi connectivity index (χ1v) is 14.4. The van der Waals surface area contributed by atoms with Crippen LogP contribution < -0.4 is 10.7 Å². The highest BCUT2D eigenvalue weighted by molar-refractivity contribution is 6.30. The minimum absolute atomic E-state index is 0.0821. The molecule has 1 N–H and O–H groups in total. The fraction of sp³-hybridized carbons (Fsp3) is 0.536. The molecule has 3 aliphatic rings. The smallest absolute Gasteiger partial charge is 0.374 e. The van der Waals surface area contributed by atoms with Crippen LogP contribution in [0.25, 0.3) is 33.8 Å². The predicted molar refractivity (Wildman–Crippen MR) is 148 cm³/mol. The van der Waals surface area contributed by atoms with E-state index in [2.05, 4.69) is 31.5 Å². The first-order chi connectivity index (χ1) is 19.4. The Morgan fingerprint density at radius 2 is 2.00 bits per heavy atom. The molecule has 0 aromatic carbocycles. The van der Waals surface area contributed by atoms with Crippen LogP contribution in [0, 0.1) is 11.8 Å². The number of imidazole rings is 1. The highest BCUT2D eigenvalue weighted by Crippen LogP contribution is 2.40. The quantitative estimate of drug-likeness (QED) is 0.357. The predicted octanol–water partition coefficient (Wildman–Crippen LogP) is 5.02. The van der Waals surface area contributed by atoms with Gasteiger partial charge in [-0.05, 0) is 36.8 Å². The standard InChI is InChI=1S/C28H31ClFN7O3/c1-15-2-4-16(5-3-15)14-37-25-20(33-27(37)36-6-7-39-23-10-19(30)9-22(23)36)11-21(26-34-28(38)40-35-26)32-24(25)17-8-18(29)13-31-12-17/h8,11-13,15-16,19,22-23H,2-7,9-10,14H2,1H3,(H,34,35,38)/t15?,16?,19?,22-,23-/m0/s1. The van der Waals surface area contributed by atoms with Crippen molar-refractivity contribution in [3.05, 3.63) is 40.1 Å². The lowest BCUT2D eigenvalue weighted by atomic mass is 9.83. The van der Waals surface area contributed by atoms with E-state index in [4.69, 9.17) is 30.8 Å². The van der Waals surface area contributed by atoms with Crippen molar-refractivity contribution in [3.8, 4) is 22.8 Å². The van der Waals surface area contributed by atoms with Gasteiger partial charge in [0.1, 0.15) is 11.9 Å². The zero-order valence-corrected chi connectivity index (χ0v) is 23.0. The number of aromatic nitrogens is 6. The molecular weight excluding hydrogens is 537 g/mol. The summed E-state index contributed by atoms with van der Waals surface area (Å²) in [6, 6.07) is 3.56. The van der Waals surface area contributed by atoms with E-state index in [0.29, 0.717) is 53.8 Å². The van der Waals surface area contributed by atoms with Gasteiger partial charge in [0, 0.05) is 43.9 Å². The Bertz CT molecular complexity index is 1590. The average molecular weight is 568 g/mol. The summed E-state index contributed by atoms with van der Waals surface area (Å²) in [4.78, 5) is 31.0. The van der Waals surface area contributed by atoms with Crippen LogP contribution >= 0.6 is 11.6 Å². The summed E-state index contributed by atoms with van der Waals surface area (Å²) in [7, 11) is 0. The number of halogens is 2. The third-order valence-electron chi connectivity index (χ3n) is 8.68. The molecule has 5 heterocycles. The largest absolute Gasteiger partial charge is 0.439 e. The molecule has 2 aliphatic carbocycles. The molecule has 1 aliphatic heterocycles. The number of pyridine rings is 2. The lowest BCUT2D eigenvalue weighted by Crippen LogP contribution is -2.49. The summed E-state index contributed by atoms with van der Waals surface area (Å²) in [5.41, 5.74) is 3.32. The number of hydrogen-bond donors (Lipinski definition) is 1. The Morgan fingerprint density at radius 3 is 2.77 bits per heavy atom. The fourth-order valence-electron chi connectivity index (χ4n) is 6.65. The highest BCUT2D eigenvalue weighted by atomic mass is 35.5. The van der Waals surface area contributed by atoms with Crippen LogP contribution in [0.1, 0.15) is 45.4 Å². The number of hydrogen-bond acceptors (Lipinski definition) is 8. The zero-order valence-electron chi connectivity index (χ0n) is 22.2. The maximum absolute atomic E-state index is 14.6. The number of rotatable bonds is 5. The van der Waals surface area contributed by atoms with Crippen molar-refractivity contribution in [2.24, 2.45) is 11.8 Å². The van der Waals surface area contributed by atoms with Gasteiger partial charge in [-0.15, -0.1) is 0 Å². The zero-order chi connectivity index (χ0) is 27.4. The van der Waals surface area contributed by atoms with Crippen LogP contribution in [0.5, 0.6) is 0 Å². The van der Waals surface area contributed by atoms with Crippen LogP contribution in [0.4, 0.5) is 10.3 Å². The molecule has 7 rings (SSSR count). The Balaban J connectivity index is 1.44. The number of morpholine rings is 1. The van der Waals surface area contributed by atoms with Gasteiger partial charge in [0.25, 0.3) is 0 Å². The van der Waals surface area contributed by atoms with Gasteiger partial charge in [-0.1, -0.05) is 36.5 Å². The monoisotopic (exact) mass is 567 g/mol. The Morgan fingerprint density at radius 1 is 1.15 bits per heavy atom. The molecule has 2 saturated carbocycles. The number of nitrogens with zero attached hydrogens (tertiary/aromatic N) is 6. The summed E-state index contributed by atoms with van der Waals surface area (Å²) in [5, 5.41) is 4.35. The lowest BCUT2D eigenvalue weighted by Gasteiger charge is -2.38. The first-order valence-electron chi connectivity index (χ1n) is 14.0. The van der Waals surface area contributed by atoms with Gasteiger partial charge in [-0.25, -0.2) is 19.2 Å². The molecule has 1 saturated heterocycles. The van der Waals surface area contributed by atoms with E-state index in [1.807, 2.05) is 12.1 Å². The van der Waals surface area contributed by atoms with Gasteiger partial charge in [0.05, 0.1) is 40.5 Å². The van der Waals surface area contributed by atoms with Gasteiger partial charge in [-0.2, -0.15) is 0 Å². The van der Waals surface area contributed by atoms with E-state index in [-0.39, 0.29) is 18.0 Å². The van der Waals surface area contributed by atoms with Gasteiger partial charge in [0.2, 0.25) is 11.8 Å². The van der Waals surface area contributed by atoms with Crippen LogP contribution in [-0.4, -0.2) is 61.1 Å². The van der Waals surface area contributed by atoms with Gasteiger partial charge < -0.3 is 14.2 Å². The van der Waals surface area contributed by atoms with Gasteiger partial charge in [-0.3, -0.25) is 14.5 Å². The number of H-pyrrole nitrogens is 1. The normalized spacial score (nSPS) is 26.9. The number of nitrogens with one attached hydrogen (secondary N) is 1. The van der Waals surface area contributed by atoms with E-state index in [0.717, 1.165) is 42.3 Å². The second-order valence-electron chi connectivity index (χ2n) is 11.4. The molecule has 0 spiro atoms. The summed E-state index contributed by atoms with van der Waals surface area (Å²) >= 11 is 6.37. The van der Waals surface area contributed by atoms with E-state index >= 15 is 0 Å². The molecule has 10 nitrogen and oxygen atoms in total. The minimum atomic E-state index is -0.890. The Hall–Kier alpha value is -3.31. The summed E-state index contributed by atoms with van der Waals surface area (Å²) < 4.78 is 27.6. The molecule has 40 heavy (non-hydrogen) atoms. The van der Waals surface area contributed by atoms with E-state index in [1.54, 1.807) is 12.4 Å². The maximum atomic E-state index is 14.6. The third-order valence-corrected chi connectivity index (χ3v) is 8.88. The van der Waals surface area contributed by atoms with Gasteiger partial charge in [0.15, 0.2) is 0 Å². The van der Waals surface area contributed by atoms with Crippen LogP contribution in [0.15, 0.2) is 33.8 Å². The number of alkyl halides is 1. The Kier molecular flexibility index (Phi) is 6.58. The van der Waals surface area contributed by atoms with E-state index in [9.17, 15) is 9.18 Å². The minimum Gasteiger partial charge on any atom is -0.374 e. The second-order valence-corrected chi connectivity index (χ2v) is 11.9. The average Bonchev–Trinajstić information content (AvgIpc) is 3.65. The first kappa shape index (κ1) is 25.6. The lowest BCUT2D eigenvalue weighted by molar-refractivity contribution is 0.0225. The molecule has 12 heteroatoms. The van der Waals surface area contributed by atoms with E-state index in [1.165, 1.54) is 12.8 Å². The fourth-order valence-corrected chi connectivity index (χ4v) is 6.83. The molecule has 3 atom stereocenters. The van der Waals surface area contributed by atoms with Crippen LogP contribution in [-0.2, 0) is 11.3 Å². The van der Waals surface area contributed by atoms with Crippen LogP contribution in [0.2, 0.25) is 5.02 Å². The summed E-state index contributed by atoms with van der Waals surface area (Å²) in [5.74, 6) is 1.56.